The van der Waals surface area contributed by atoms with E-state index in [2.05, 4.69) is 0 Å². The van der Waals surface area contributed by atoms with E-state index in [1.165, 1.54) is 0 Å². The first-order valence-corrected chi connectivity index (χ1v) is 1.13. The van der Waals surface area contributed by atoms with Crippen molar-refractivity contribution in [3.63, 3.8) is 0 Å². The maximum atomic E-state index is 8.36. The summed E-state index contributed by atoms with van der Waals surface area (Å²) in [5.74, 6) is 0. The predicted octanol–water partition coefficient (Wildman–Crippen LogP) is -3.82. The molecule has 0 heterocycles. The minimum absolute atomic E-state index is 0. The first kappa shape index (κ1) is 42.8. The molecule has 11 nitrogen and oxygen atoms in total. The van der Waals surface area contributed by atoms with Crippen molar-refractivity contribution in [1.29, 1.82) is 0 Å². The summed E-state index contributed by atoms with van der Waals surface area (Å²) in [7, 11) is 0. The molecule has 0 aliphatic carbocycles. The summed E-state index contributed by atoms with van der Waals surface area (Å²) in [5, 5.41) is 27.3. The van der Waals surface area contributed by atoms with Crippen molar-refractivity contribution < 1.29 is 37.0 Å². The van der Waals surface area contributed by atoms with Crippen molar-refractivity contribution in [2.24, 2.45) is 0 Å². The van der Waals surface area contributed by atoms with Gasteiger partial charge in [-0.25, -0.2) is 0 Å². The topological polar surface area (TPSA) is 221 Å². The van der Waals surface area contributed by atoms with Gasteiger partial charge in [-0.3, -0.25) is 0 Å². The zero-order chi connectivity index (χ0) is 7.15. The number of nitrogens with zero attached hydrogens (tertiary/aromatic N) is 2. The van der Waals surface area contributed by atoms with Gasteiger partial charge < -0.3 is 26.8 Å². The van der Waals surface area contributed by atoms with E-state index in [-0.39, 0.29) is 46.0 Å². The van der Waals surface area contributed by atoms with Gasteiger partial charge in [-0.1, -0.05) is 0 Å². The minimum atomic E-state index is -1.50. The van der Waals surface area contributed by atoms with Gasteiger partial charge in [0.1, 0.15) is 0 Å². The summed E-state index contributed by atoms with van der Waals surface area (Å²) in [6.07, 6.45) is 0. The van der Waals surface area contributed by atoms with Crippen LogP contribution in [0.1, 0.15) is 0 Å². The zero-order valence-electron chi connectivity index (χ0n) is 4.92. The molecule has 0 rings (SSSR count). The van der Waals surface area contributed by atoms with E-state index in [0.29, 0.717) is 0 Å². The third-order valence-electron chi connectivity index (χ3n) is 0. The Kier molecular flexibility index (Phi) is 113. The van der Waals surface area contributed by atoms with Crippen molar-refractivity contribution in [2.45, 2.75) is 0 Å². The molecule has 0 aromatic heterocycles. The number of hydrogen-bond donors (Lipinski definition) is 2. The Morgan fingerprint density at radius 1 is 0.833 bits per heavy atom. The van der Waals surface area contributed by atoms with E-state index < -0.39 is 10.2 Å². The molecule has 0 atom stereocenters. The molecule has 0 bridgehead atoms. The summed E-state index contributed by atoms with van der Waals surface area (Å²) in [4.78, 5) is 16.7. The predicted molar refractivity (Wildman–Crippen MR) is 35.6 cm³/mol. The van der Waals surface area contributed by atoms with Crippen LogP contribution < -0.4 is 0 Å². The molecule has 0 aromatic carbocycles. The van der Waals surface area contributed by atoms with Crippen LogP contribution in [0.3, 0.4) is 0 Å². The molecule has 0 radical (unpaired) electrons. The van der Waals surface area contributed by atoms with Crippen LogP contribution in [0.5, 0.6) is 0 Å². The molecule has 0 aliphatic heterocycles. The van der Waals surface area contributed by atoms with Gasteiger partial charge >= 0.3 is 29.6 Å². The Bertz CT molecular complexity index is 70.5. The van der Waals surface area contributed by atoms with Crippen molar-refractivity contribution in [3.8, 4) is 0 Å². The number of rotatable bonds is 0. The van der Waals surface area contributed by atoms with Gasteiger partial charge in [-0.2, -0.15) is 0 Å². The third kappa shape index (κ3) is 1230. The zero-order valence-corrected chi connectivity index (χ0v) is 4.92. The van der Waals surface area contributed by atoms with E-state index in [0.717, 1.165) is 0 Å². The van der Waals surface area contributed by atoms with Crippen LogP contribution in [-0.2, 0) is 0 Å². The Hall–Kier alpha value is -0.720. The van der Waals surface area contributed by atoms with Crippen LogP contribution in [0.2, 0.25) is 0 Å². The fourth-order valence-electron chi connectivity index (χ4n) is 0. The first-order chi connectivity index (χ1) is 3.46. The fraction of sp³-hybridized carbons (Fsp3) is 0. The van der Waals surface area contributed by atoms with Crippen LogP contribution in [0.25, 0.3) is 0 Å². The first-order valence-electron chi connectivity index (χ1n) is 1.13. The van der Waals surface area contributed by atoms with Crippen LogP contribution >= 0.6 is 0 Å². The maximum absolute atomic E-state index is 8.36. The van der Waals surface area contributed by atoms with E-state index in [1.807, 2.05) is 0 Å². The van der Waals surface area contributed by atoms with E-state index in [4.69, 9.17) is 30.6 Å². The van der Waals surface area contributed by atoms with Crippen molar-refractivity contribution in [1.82, 2.24) is 0 Å². The van der Waals surface area contributed by atoms with Crippen molar-refractivity contribution in [3.05, 3.63) is 20.2 Å². The summed E-state index contributed by atoms with van der Waals surface area (Å²) in [6.45, 7) is 0. The molecule has 0 saturated carbocycles. The monoisotopic (exact) mass is 204 g/mol. The van der Waals surface area contributed by atoms with Crippen LogP contribution in [0, 0.1) is 20.2 Å². The molecule has 8 N–H and O–H groups in total. The van der Waals surface area contributed by atoms with E-state index >= 15 is 0 Å². The van der Waals surface area contributed by atoms with Crippen LogP contribution in [-0.4, -0.2) is 66.6 Å². The summed E-state index contributed by atoms with van der Waals surface area (Å²) in [5.41, 5.74) is 0. The number of hydrogen-bond acceptors (Lipinski definition) is 4. The second kappa shape index (κ2) is 31.8. The average molecular weight is 204 g/mol. The Labute approximate surface area is 87.0 Å². The molecule has 0 aromatic rings. The van der Waals surface area contributed by atoms with Crippen molar-refractivity contribution >= 4 is 29.6 Å². The molecule has 0 fully saturated rings. The molecular formula is H9N2NaO9. The van der Waals surface area contributed by atoms with Gasteiger partial charge in [0.25, 0.3) is 10.2 Å². The van der Waals surface area contributed by atoms with Crippen LogP contribution in [0.4, 0.5) is 0 Å². The Morgan fingerprint density at radius 3 is 0.833 bits per heavy atom. The van der Waals surface area contributed by atoms with Gasteiger partial charge in [0.05, 0.1) is 0 Å². The van der Waals surface area contributed by atoms with Gasteiger partial charge in [-0.05, 0) is 0 Å². The molecule has 0 spiro atoms. The summed E-state index contributed by atoms with van der Waals surface area (Å²) in [6, 6.07) is 0. The van der Waals surface area contributed by atoms with Crippen molar-refractivity contribution in [2.75, 3.05) is 0 Å². The van der Waals surface area contributed by atoms with Gasteiger partial charge in [-0.15, -0.1) is 20.2 Å². The standard InChI is InChI=1S/2HNO3.Na.3H2O.H/c2*2-1(3)4;;;;;/h2*(H,2,3,4);;3*1H2;. The molecule has 0 amide bonds. The van der Waals surface area contributed by atoms with Crippen LogP contribution in [0.15, 0.2) is 0 Å². The molecule has 74 valence electrons. The molecule has 12 heavy (non-hydrogen) atoms. The normalized spacial score (nSPS) is 4.00. The third-order valence-corrected chi connectivity index (χ3v) is 0. The summed E-state index contributed by atoms with van der Waals surface area (Å²) >= 11 is 0. The molecular weight excluding hydrogens is 195 g/mol. The molecule has 12 heteroatoms. The second-order valence-electron chi connectivity index (χ2n) is 0.476. The SMILES string of the molecule is O.O.O.O=[N+]([O-])O.O=[N+]([O-])O.[NaH]. The fourth-order valence-corrected chi connectivity index (χ4v) is 0. The molecule has 0 unspecified atom stereocenters. The summed E-state index contributed by atoms with van der Waals surface area (Å²) < 4.78 is 0. The Balaban J connectivity index is -0.0000000112. The van der Waals surface area contributed by atoms with E-state index in [9.17, 15) is 0 Å². The van der Waals surface area contributed by atoms with Gasteiger partial charge in [0.2, 0.25) is 0 Å². The van der Waals surface area contributed by atoms with Gasteiger partial charge in [0.15, 0.2) is 0 Å². The quantitative estimate of drug-likeness (QED) is 0.228. The molecule has 0 saturated heterocycles. The van der Waals surface area contributed by atoms with E-state index in [1.54, 1.807) is 0 Å². The average Bonchev–Trinajstić information content (AvgIpc) is 1.25. The Morgan fingerprint density at radius 2 is 0.833 bits per heavy atom. The molecule has 0 aliphatic rings. The van der Waals surface area contributed by atoms with Gasteiger partial charge in [0, 0.05) is 0 Å². The second-order valence-corrected chi connectivity index (χ2v) is 0.476.